The first-order chi connectivity index (χ1) is 7.95. The van der Waals surface area contributed by atoms with Crippen molar-refractivity contribution in [2.45, 2.75) is 13.5 Å². The van der Waals surface area contributed by atoms with E-state index in [-0.39, 0.29) is 12.1 Å². The second kappa shape index (κ2) is 5.05. The molecule has 1 aromatic rings. The molecule has 0 amide bonds. The predicted octanol–water partition coefficient (Wildman–Crippen LogP) is -1.44. The number of methoxy groups -OCH3 is 1. The van der Waals surface area contributed by atoms with Crippen LogP contribution in [0.25, 0.3) is 6.20 Å². The van der Waals surface area contributed by atoms with Crippen molar-refractivity contribution in [3.05, 3.63) is 16.1 Å². The van der Waals surface area contributed by atoms with E-state index in [4.69, 9.17) is 5.11 Å². The second-order valence-electron chi connectivity index (χ2n) is 3.06. The summed E-state index contributed by atoms with van der Waals surface area (Å²) in [5.74, 6) is -1.84. The number of aliphatic carboxylic acids is 1. The molecule has 0 aliphatic carbocycles. The molecule has 0 radical (unpaired) electrons. The molecule has 0 aliphatic rings. The first kappa shape index (κ1) is 12.6. The molecule has 1 rings (SSSR count). The Kier molecular flexibility index (Phi) is 3.75. The molecule has 0 bridgehead atoms. The minimum Gasteiger partial charge on any atom is -0.478 e. The van der Waals surface area contributed by atoms with E-state index in [1.54, 1.807) is 0 Å². The van der Waals surface area contributed by atoms with Gasteiger partial charge in [-0.1, -0.05) is 0 Å². The largest absolute Gasteiger partial charge is 0.478 e. The maximum atomic E-state index is 11.5. The number of esters is 1. The monoisotopic (exact) mass is 242 g/mol. The number of carboxylic acid groups (broad SMARTS) is 1. The van der Waals surface area contributed by atoms with Crippen molar-refractivity contribution in [2.75, 3.05) is 7.11 Å². The molecular weight excluding hydrogens is 232 g/mol. The standard InChI is InChI=1S/C8H10N4O5/c1-5(7(14)15)3-11-8(16)12(10-9-11)4-6(13)17-2/h3H,4H2,1-2H3,(H,14,15). The highest BCUT2D eigenvalue weighted by atomic mass is 16.5. The first-order valence-electron chi connectivity index (χ1n) is 4.46. The third kappa shape index (κ3) is 3.00. The molecule has 0 atom stereocenters. The fourth-order valence-corrected chi connectivity index (χ4v) is 0.892. The van der Waals surface area contributed by atoms with Crippen molar-refractivity contribution in [1.82, 2.24) is 19.8 Å². The Hall–Kier alpha value is -2.45. The van der Waals surface area contributed by atoms with E-state index in [9.17, 15) is 14.4 Å². The quantitative estimate of drug-likeness (QED) is 0.507. The van der Waals surface area contributed by atoms with Gasteiger partial charge in [0.1, 0.15) is 6.54 Å². The summed E-state index contributed by atoms with van der Waals surface area (Å²) in [6.45, 7) is 0.920. The molecule has 0 aromatic carbocycles. The summed E-state index contributed by atoms with van der Waals surface area (Å²) in [5, 5.41) is 15.4. The van der Waals surface area contributed by atoms with Crippen LogP contribution in [0.2, 0.25) is 0 Å². The maximum Gasteiger partial charge on any atom is 0.368 e. The lowest BCUT2D eigenvalue weighted by atomic mass is 10.3. The van der Waals surface area contributed by atoms with Crippen molar-refractivity contribution >= 4 is 18.1 Å². The summed E-state index contributed by atoms with van der Waals surface area (Å²) in [4.78, 5) is 33.0. The van der Waals surface area contributed by atoms with E-state index in [2.05, 4.69) is 15.2 Å². The van der Waals surface area contributed by atoms with Gasteiger partial charge in [-0.3, -0.25) is 4.79 Å². The molecule has 9 heteroatoms. The van der Waals surface area contributed by atoms with Gasteiger partial charge in [-0.25, -0.2) is 9.59 Å². The number of carbonyl (C=O) groups is 2. The Morgan fingerprint density at radius 1 is 1.47 bits per heavy atom. The zero-order valence-corrected chi connectivity index (χ0v) is 9.15. The van der Waals surface area contributed by atoms with Crippen LogP contribution < -0.4 is 5.69 Å². The molecule has 1 heterocycles. The Balaban J connectivity index is 3.00. The zero-order valence-electron chi connectivity index (χ0n) is 9.15. The van der Waals surface area contributed by atoms with E-state index in [1.807, 2.05) is 0 Å². The number of nitrogens with zero attached hydrogens (tertiary/aromatic N) is 4. The minimum atomic E-state index is -1.18. The van der Waals surface area contributed by atoms with Gasteiger partial charge in [-0.15, -0.1) is 0 Å². The van der Waals surface area contributed by atoms with Crippen molar-refractivity contribution in [3.8, 4) is 0 Å². The molecule has 0 saturated heterocycles. The van der Waals surface area contributed by atoms with Crippen LogP contribution in [0.15, 0.2) is 10.4 Å². The highest BCUT2D eigenvalue weighted by molar-refractivity contribution is 5.89. The van der Waals surface area contributed by atoms with Gasteiger partial charge in [0.05, 0.1) is 12.7 Å². The molecular formula is C8H10N4O5. The number of aromatic nitrogens is 4. The lowest BCUT2D eigenvalue weighted by Gasteiger charge is -1.95. The van der Waals surface area contributed by atoms with Gasteiger partial charge < -0.3 is 9.84 Å². The third-order valence-corrected chi connectivity index (χ3v) is 1.82. The normalized spacial score (nSPS) is 11.3. The average molecular weight is 242 g/mol. The lowest BCUT2D eigenvalue weighted by Crippen LogP contribution is -2.26. The van der Waals surface area contributed by atoms with Crippen molar-refractivity contribution in [2.24, 2.45) is 0 Å². The van der Waals surface area contributed by atoms with E-state index in [0.717, 1.165) is 15.6 Å². The van der Waals surface area contributed by atoms with Crippen molar-refractivity contribution in [1.29, 1.82) is 0 Å². The van der Waals surface area contributed by atoms with Crippen LogP contribution >= 0.6 is 0 Å². The average Bonchev–Trinajstić information content (AvgIpc) is 2.61. The van der Waals surface area contributed by atoms with Gasteiger partial charge in [0.2, 0.25) is 0 Å². The maximum absolute atomic E-state index is 11.5. The molecule has 1 N–H and O–H groups in total. The summed E-state index contributed by atoms with van der Waals surface area (Å²) in [6.07, 6.45) is 1.01. The number of tetrazole rings is 1. The molecule has 9 nitrogen and oxygen atoms in total. The Labute approximate surface area is 94.9 Å². The van der Waals surface area contributed by atoms with E-state index in [1.165, 1.54) is 14.0 Å². The van der Waals surface area contributed by atoms with Gasteiger partial charge in [0.15, 0.2) is 0 Å². The molecule has 17 heavy (non-hydrogen) atoms. The molecule has 0 saturated carbocycles. The fraction of sp³-hybridized carbons (Fsp3) is 0.375. The first-order valence-corrected chi connectivity index (χ1v) is 4.46. The summed E-state index contributed by atoms with van der Waals surface area (Å²) in [5.41, 5.74) is -0.812. The summed E-state index contributed by atoms with van der Waals surface area (Å²) in [6, 6.07) is 0. The van der Waals surface area contributed by atoms with Gasteiger partial charge in [-0.05, 0) is 17.4 Å². The van der Waals surface area contributed by atoms with Gasteiger partial charge >= 0.3 is 17.6 Å². The summed E-state index contributed by atoms with van der Waals surface area (Å²) >= 11 is 0. The Bertz CT molecular complexity index is 526. The van der Waals surface area contributed by atoms with Crippen LogP contribution in [-0.2, 0) is 20.9 Å². The summed E-state index contributed by atoms with van der Waals surface area (Å²) in [7, 11) is 1.17. The number of carboxylic acids is 1. The third-order valence-electron chi connectivity index (χ3n) is 1.82. The van der Waals surface area contributed by atoms with Crippen LogP contribution in [0, 0.1) is 0 Å². The van der Waals surface area contributed by atoms with E-state index < -0.39 is 17.6 Å². The van der Waals surface area contributed by atoms with Gasteiger partial charge in [0.25, 0.3) is 0 Å². The van der Waals surface area contributed by atoms with Gasteiger partial charge in [-0.2, -0.15) is 9.36 Å². The molecule has 0 aliphatic heterocycles. The predicted molar refractivity (Wildman–Crippen MR) is 53.9 cm³/mol. The van der Waals surface area contributed by atoms with Crippen molar-refractivity contribution < 1.29 is 19.4 Å². The molecule has 0 spiro atoms. The molecule has 0 fully saturated rings. The molecule has 92 valence electrons. The second-order valence-corrected chi connectivity index (χ2v) is 3.06. The van der Waals surface area contributed by atoms with Crippen LogP contribution in [-0.4, -0.2) is 43.9 Å². The number of hydrogen-bond donors (Lipinski definition) is 1. The number of rotatable bonds is 4. The smallest absolute Gasteiger partial charge is 0.368 e. The van der Waals surface area contributed by atoms with E-state index in [0.29, 0.717) is 0 Å². The minimum absolute atomic E-state index is 0.0859. The zero-order chi connectivity index (χ0) is 13.0. The molecule has 1 aromatic heterocycles. The Morgan fingerprint density at radius 3 is 2.65 bits per heavy atom. The number of hydrogen-bond acceptors (Lipinski definition) is 6. The van der Waals surface area contributed by atoms with Crippen LogP contribution in [0.4, 0.5) is 0 Å². The summed E-state index contributed by atoms with van der Waals surface area (Å²) < 4.78 is 5.84. The van der Waals surface area contributed by atoms with Crippen molar-refractivity contribution in [3.63, 3.8) is 0 Å². The number of ether oxygens (including phenoxy) is 1. The SMILES string of the molecule is COC(=O)Cn1nnn(C=C(C)C(=O)O)c1=O. The lowest BCUT2D eigenvalue weighted by molar-refractivity contribution is -0.141. The van der Waals surface area contributed by atoms with Crippen LogP contribution in [0.5, 0.6) is 0 Å². The fourth-order valence-electron chi connectivity index (χ4n) is 0.892. The van der Waals surface area contributed by atoms with E-state index >= 15 is 0 Å². The number of carbonyl (C=O) groups excluding carboxylic acids is 1. The topological polar surface area (TPSA) is 116 Å². The highest BCUT2D eigenvalue weighted by Gasteiger charge is 2.10. The molecule has 0 unspecified atom stereocenters. The van der Waals surface area contributed by atoms with Gasteiger partial charge in [0, 0.05) is 6.20 Å². The Morgan fingerprint density at radius 2 is 2.12 bits per heavy atom. The highest BCUT2D eigenvalue weighted by Crippen LogP contribution is 1.92. The van der Waals surface area contributed by atoms with Crippen LogP contribution in [0.3, 0.4) is 0 Å². The van der Waals surface area contributed by atoms with Crippen LogP contribution in [0.1, 0.15) is 6.92 Å².